The first-order valence-electron chi connectivity index (χ1n) is 9.14. The summed E-state index contributed by atoms with van der Waals surface area (Å²) >= 11 is 0. The second-order valence-corrected chi connectivity index (χ2v) is 7.74. The Morgan fingerprint density at radius 1 is 1.00 bits per heavy atom. The molecule has 4 aromatic rings. The number of nitrogens with one attached hydrogen (secondary N) is 1. The minimum atomic E-state index is -0.250. The van der Waals surface area contributed by atoms with Crippen LogP contribution in [0.3, 0.4) is 0 Å². The number of carbonyl (C=O) groups is 1. The average Bonchev–Trinajstić information content (AvgIpc) is 3.19. The molecule has 0 spiro atoms. The maximum atomic E-state index is 12.9. The lowest BCUT2D eigenvalue weighted by molar-refractivity contribution is 0.102. The molecule has 4 rings (SSSR count). The SMILES string of the molecule is CC(C)(C)c1ccc(-c2cc(C(=O)Nc3ccon3)c3ccccc3n2)cc1. The Balaban J connectivity index is 1.78. The van der Waals surface area contributed by atoms with Crippen LogP contribution in [0.25, 0.3) is 22.2 Å². The molecule has 1 N–H and O–H groups in total. The summed E-state index contributed by atoms with van der Waals surface area (Å²) in [7, 11) is 0. The summed E-state index contributed by atoms with van der Waals surface area (Å²) in [6.45, 7) is 6.55. The molecule has 2 aromatic carbocycles. The number of para-hydroxylation sites is 1. The van der Waals surface area contributed by atoms with Crippen LogP contribution in [0.5, 0.6) is 0 Å². The highest BCUT2D eigenvalue weighted by Crippen LogP contribution is 2.28. The Morgan fingerprint density at radius 2 is 1.75 bits per heavy atom. The number of nitrogens with zero attached hydrogens (tertiary/aromatic N) is 2. The average molecular weight is 371 g/mol. The van der Waals surface area contributed by atoms with Gasteiger partial charge in [-0.15, -0.1) is 0 Å². The molecule has 0 aliphatic heterocycles. The van der Waals surface area contributed by atoms with Gasteiger partial charge in [0.2, 0.25) is 0 Å². The van der Waals surface area contributed by atoms with Crippen molar-refractivity contribution in [2.45, 2.75) is 26.2 Å². The van der Waals surface area contributed by atoms with Crippen LogP contribution >= 0.6 is 0 Å². The molecule has 1 amide bonds. The third-order valence-electron chi connectivity index (χ3n) is 4.69. The van der Waals surface area contributed by atoms with Gasteiger partial charge in [0, 0.05) is 17.0 Å². The smallest absolute Gasteiger partial charge is 0.257 e. The number of fused-ring (bicyclic) bond motifs is 1. The van der Waals surface area contributed by atoms with Crippen molar-refractivity contribution in [3.8, 4) is 11.3 Å². The van der Waals surface area contributed by atoms with Gasteiger partial charge in [-0.25, -0.2) is 4.98 Å². The standard InChI is InChI=1S/C23H21N3O2/c1-23(2,3)16-10-8-15(9-11-16)20-14-18(17-6-4-5-7-19(17)24-20)22(27)25-21-12-13-28-26-21/h4-14H,1-3H3,(H,25,26,27). The van der Waals surface area contributed by atoms with Crippen LogP contribution in [0.15, 0.2) is 71.4 Å². The summed E-state index contributed by atoms with van der Waals surface area (Å²) in [5, 5.41) is 7.31. The molecule has 0 fully saturated rings. The lowest BCUT2D eigenvalue weighted by atomic mass is 9.86. The number of rotatable bonds is 3. The van der Waals surface area contributed by atoms with E-state index in [1.165, 1.54) is 11.8 Å². The second-order valence-electron chi connectivity index (χ2n) is 7.74. The predicted octanol–water partition coefficient (Wildman–Crippen LogP) is 5.44. The van der Waals surface area contributed by atoms with Gasteiger partial charge in [-0.1, -0.05) is 68.4 Å². The summed E-state index contributed by atoms with van der Waals surface area (Å²) in [4.78, 5) is 17.6. The van der Waals surface area contributed by atoms with Crippen molar-refractivity contribution in [1.29, 1.82) is 0 Å². The molecular weight excluding hydrogens is 350 g/mol. The van der Waals surface area contributed by atoms with Crippen LogP contribution in [-0.2, 0) is 5.41 Å². The van der Waals surface area contributed by atoms with Crippen LogP contribution in [0.2, 0.25) is 0 Å². The van der Waals surface area contributed by atoms with E-state index < -0.39 is 0 Å². The Morgan fingerprint density at radius 3 is 2.43 bits per heavy atom. The summed E-state index contributed by atoms with van der Waals surface area (Å²) in [6, 6.07) is 19.4. The number of hydrogen-bond acceptors (Lipinski definition) is 4. The van der Waals surface area contributed by atoms with Gasteiger partial charge in [0.05, 0.1) is 16.8 Å². The summed E-state index contributed by atoms with van der Waals surface area (Å²) < 4.78 is 4.79. The number of anilines is 1. The molecule has 0 saturated heterocycles. The number of benzene rings is 2. The summed E-state index contributed by atoms with van der Waals surface area (Å²) in [6.07, 6.45) is 1.42. The van der Waals surface area contributed by atoms with E-state index in [9.17, 15) is 4.79 Å². The molecule has 0 aliphatic carbocycles. The molecule has 28 heavy (non-hydrogen) atoms. The van der Waals surface area contributed by atoms with Gasteiger partial charge in [-0.05, 0) is 23.1 Å². The lowest BCUT2D eigenvalue weighted by Gasteiger charge is -2.19. The molecule has 5 heteroatoms. The molecule has 2 heterocycles. The summed E-state index contributed by atoms with van der Waals surface area (Å²) in [5.74, 6) is 0.127. The van der Waals surface area contributed by atoms with E-state index in [2.05, 4.69) is 55.5 Å². The fraction of sp³-hybridized carbons (Fsp3) is 0.174. The molecule has 0 radical (unpaired) electrons. The topological polar surface area (TPSA) is 68.0 Å². The van der Waals surface area contributed by atoms with Crippen LogP contribution in [-0.4, -0.2) is 16.0 Å². The van der Waals surface area contributed by atoms with Gasteiger partial charge in [0.15, 0.2) is 5.82 Å². The minimum absolute atomic E-state index is 0.0813. The second kappa shape index (κ2) is 6.93. The van der Waals surface area contributed by atoms with Gasteiger partial charge in [0.1, 0.15) is 6.26 Å². The molecule has 5 nitrogen and oxygen atoms in total. The van der Waals surface area contributed by atoms with Crippen molar-refractivity contribution in [1.82, 2.24) is 10.1 Å². The summed E-state index contributed by atoms with van der Waals surface area (Å²) in [5.41, 5.74) is 4.37. The van der Waals surface area contributed by atoms with Crippen molar-refractivity contribution in [2.24, 2.45) is 0 Å². The maximum Gasteiger partial charge on any atom is 0.257 e. The van der Waals surface area contributed by atoms with Crippen molar-refractivity contribution in [3.63, 3.8) is 0 Å². The molecule has 0 saturated carbocycles. The molecule has 0 bridgehead atoms. The zero-order valence-electron chi connectivity index (χ0n) is 16.1. The zero-order chi connectivity index (χ0) is 19.7. The monoisotopic (exact) mass is 371 g/mol. The molecular formula is C23H21N3O2. The number of pyridine rings is 1. The Bertz CT molecular complexity index is 1120. The van der Waals surface area contributed by atoms with Gasteiger partial charge in [-0.2, -0.15) is 0 Å². The highest BCUT2D eigenvalue weighted by atomic mass is 16.5. The van der Waals surface area contributed by atoms with Gasteiger partial charge >= 0.3 is 0 Å². The first-order valence-corrected chi connectivity index (χ1v) is 9.14. The predicted molar refractivity (Wildman–Crippen MR) is 110 cm³/mol. The Kier molecular flexibility index (Phi) is 4.43. The Labute approximate surface area is 163 Å². The normalized spacial score (nSPS) is 11.5. The number of amides is 1. The minimum Gasteiger partial charge on any atom is -0.363 e. The highest BCUT2D eigenvalue weighted by molar-refractivity contribution is 6.12. The third kappa shape index (κ3) is 3.51. The van der Waals surface area contributed by atoms with Crippen molar-refractivity contribution in [2.75, 3.05) is 5.32 Å². The fourth-order valence-electron chi connectivity index (χ4n) is 3.11. The van der Waals surface area contributed by atoms with Crippen LogP contribution < -0.4 is 5.32 Å². The van der Waals surface area contributed by atoms with Crippen LogP contribution in [0, 0.1) is 0 Å². The van der Waals surface area contributed by atoms with E-state index in [-0.39, 0.29) is 11.3 Å². The molecule has 140 valence electrons. The van der Waals surface area contributed by atoms with Crippen molar-refractivity contribution < 1.29 is 9.32 Å². The number of carbonyl (C=O) groups excluding carboxylic acids is 1. The highest BCUT2D eigenvalue weighted by Gasteiger charge is 2.16. The third-order valence-corrected chi connectivity index (χ3v) is 4.69. The van der Waals surface area contributed by atoms with Crippen LogP contribution in [0.4, 0.5) is 5.82 Å². The molecule has 0 atom stereocenters. The van der Waals surface area contributed by atoms with Crippen LogP contribution in [0.1, 0.15) is 36.7 Å². The largest absolute Gasteiger partial charge is 0.363 e. The molecule has 0 aliphatic rings. The fourth-order valence-corrected chi connectivity index (χ4v) is 3.11. The van der Waals surface area contributed by atoms with Crippen molar-refractivity contribution in [3.05, 3.63) is 78.1 Å². The van der Waals surface area contributed by atoms with E-state index in [1.807, 2.05) is 30.3 Å². The van der Waals surface area contributed by atoms with E-state index in [0.29, 0.717) is 11.4 Å². The first kappa shape index (κ1) is 17.9. The van der Waals surface area contributed by atoms with Gasteiger partial charge in [-0.3, -0.25) is 4.79 Å². The van der Waals surface area contributed by atoms with E-state index in [0.717, 1.165) is 22.2 Å². The van der Waals surface area contributed by atoms with Crippen molar-refractivity contribution >= 4 is 22.6 Å². The molecule has 0 unspecified atom stereocenters. The quantitative estimate of drug-likeness (QED) is 0.521. The van der Waals surface area contributed by atoms with Gasteiger partial charge < -0.3 is 9.84 Å². The van der Waals surface area contributed by atoms with E-state index >= 15 is 0 Å². The molecule has 2 aromatic heterocycles. The van der Waals surface area contributed by atoms with E-state index in [1.54, 1.807) is 6.07 Å². The Hall–Kier alpha value is -3.47. The number of hydrogen-bond donors (Lipinski definition) is 1. The maximum absolute atomic E-state index is 12.9. The van der Waals surface area contributed by atoms with E-state index in [4.69, 9.17) is 9.51 Å². The first-order chi connectivity index (χ1) is 13.4. The lowest BCUT2D eigenvalue weighted by Crippen LogP contribution is -2.13. The number of aromatic nitrogens is 2. The van der Waals surface area contributed by atoms with Gasteiger partial charge in [0.25, 0.3) is 5.91 Å². The zero-order valence-corrected chi connectivity index (χ0v) is 16.1.